The number of ether oxygens (including phenoxy) is 1. The van der Waals surface area contributed by atoms with Crippen LogP contribution in [0.4, 0.5) is 0 Å². The van der Waals surface area contributed by atoms with Crippen LogP contribution in [0, 0.1) is 34.0 Å². The molecule has 1 aromatic rings. The van der Waals surface area contributed by atoms with E-state index in [1.54, 1.807) is 38.1 Å². The lowest BCUT2D eigenvalue weighted by atomic mass is 9.88. The topological polar surface area (TPSA) is 167 Å². The molecule has 0 saturated heterocycles. The Morgan fingerprint density at radius 3 is 2.41 bits per heavy atom. The van der Waals surface area contributed by atoms with Crippen LogP contribution in [0.3, 0.4) is 0 Å². The largest absolute Gasteiger partial charge is 0.426 e. The predicted octanol–water partition coefficient (Wildman–Crippen LogP) is 3.80. The van der Waals surface area contributed by atoms with Gasteiger partial charge in [-0.3, -0.25) is 0 Å². The third-order valence-corrected chi connectivity index (χ3v) is 5.21. The molecule has 10 nitrogen and oxygen atoms in total. The van der Waals surface area contributed by atoms with E-state index in [-0.39, 0.29) is 28.2 Å². The van der Waals surface area contributed by atoms with Gasteiger partial charge in [0, 0.05) is 0 Å². The lowest BCUT2D eigenvalue weighted by Gasteiger charge is -2.29. The Balaban J connectivity index is 2.19. The summed E-state index contributed by atoms with van der Waals surface area (Å²) < 4.78 is 5.77. The van der Waals surface area contributed by atoms with Crippen LogP contribution in [-0.2, 0) is 20.2 Å². The molecule has 34 heavy (non-hydrogen) atoms. The van der Waals surface area contributed by atoms with Gasteiger partial charge in [-0.15, -0.1) is 0 Å². The first-order valence-electron chi connectivity index (χ1n) is 10.6. The maximum Gasteiger partial charge on any atom is 0.366 e. The molecule has 1 unspecified atom stereocenters. The van der Waals surface area contributed by atoms with Gasteiger partial charge in [0.25, 0.3) is 0 Å². The Hall–Kier alpha value is -4.62. The predicted molar refractivity (Wildman–Crippen MR) is 120 cm³/mol. The molecule has 0 radical (unpaired) electrons. The van der Waals surface area contributed by atoms with E-state index in [2.05, 4.69) is 10.3 Å². The number of rotatable bonds is 5. The molecule has 0 amide bonds. The van der Waals surface area contributed by atoms with Gasteiger partial charge in [-0.05, 0) is 51.7 Å². The Kier molecular flexibility index (Phi) is 7.30. The van der Waals surface area contributed by atoms with Crippen molar-refractivity contribution >= 4 is 17.4 Å². The number of nitrogens with two attached hydrogens (primary N) is 1. The van der Waals surface area contributed by atoms with Gasteiger partial charge in [0.2, 0.25) is 5.88 Å². The SMILES string of the molecule is CC(C)=NOC1(c2ccccc2C(=O)ON=C2CCCCC2)OC(N)=C(C#N)C1=C(C#N)C#N. The van der Waals surface area contributed by atoms with E-state index in [0.717, 1.165) is 37.8 Å². The molecule has 0 spiro atoms. The Labute approximate surface area is 196 Å². The summed E-state index contributed by atoms with van der Waals surface area (Å²) in [7, 11) is 0. The van der Waals surface area contributed by atoms with Crippen molar-refractivity contribution in [2.24, 2.45) is 16.0 Å². The maximum atomic E-state index is 13.1. The van der Waals surface area contributed by atoms with Crippen LogP contribution in [-0.4, -0.2) is 17.4 Å². The molecule has 3 rings (SSSR count). The number of allylic oxidation sites excluding steroid dienone is 1. The van der Waals surface area contributed by atoms with Crippen LogP contribution in [0.1, 0.15) is 61.9 Å². The summed E-state index contributed by atoms with van der Waals surface area (Å²) >= 11 is 0. The number of hydrogen-bond acceptors (Lipinski definition) is 10. The number of hydrogen-bond donors (Lipinski definition) is 1. The van der Waals surface area contributed by atoms with Crippen molar-refractivity contribution in [3.63, 3.8) is 0 Å². The van der Waals surface area contributed by atoms with Crippen LogP contribution in [0.25, 0.3) is 0 Å². The molecular formula is C24H22N6O4. The highest BCUT2D eigenvalue weighted by Crippen LogP contribution is 2.48. The van der Waals surface area contributed by atoms with Crippen molar-refractivity contribution < 1.29 is 19.2 Å². The van der Waals surface area contributed by atoms with Crippen LogP contribution in [0.5, 0.6) is 0 Å². The summed E-state index contributed by atoms with van der Waals surface area (Å²) in [4.78, 5) is 24.0. The minimum absolute atomic E-state index is 0.0219. The molecule has 1 aromatic carbocycles. The van der Waals surface area contributed by atoms with E-state index in [1.807, 2.05) is 6.07 Å². The van der Waals surface area contributed by atoms with Gasteiger partial charge >= 0.3 is 11.8 Å². The fourth-order valence-corrected chi connectivity index (χ4v) is 3.70. The Morgan fingerprint density at radius 1 is 1.12 bits per heavy atom. The second kappa shape index (κ2) is 10.3. The molecule has 1 fully saturated rings. The molecule has 0 aromatic heterocycles. The van der Waals surface area contributed by atoms with Gasteiger partial charge in [-0.25, -0.2) is 4.79 Å². The molecule has 1 heterocycles. The Morgan fingerprint density at radius 2 is 1.79 bits per heavy atom. The minimum atomic E-state index is -2.15. The first-order valence-corrected chi connectivity index (χ1v) is 10.6. The van der Waals surface area contributed by atoms with Crippen LogP contribution in [0.15, 0.2) is 57.2 Å². The van der Waals surface area contributed by atoms with E-state index in [4.69, 9.17) is 20.1 Å². The van der Waals surface area contributed by atoms with Gasteiger partial charge in [0.05, 0.1) is 28.1 Å². The third-order valence-electron chi connectivity index (χ3n) is 5.21. The van der Waals surface area contributed by atoms with Gasteiger partial charge < -0.3 is 20.1 Å². The molecule has 1 saturated carbocycles. The van der Waals surface area contributed by atoms with Crippen LogP contribution in [0.2, 0.25) is 0 Å². The monoisotopic (exact) mass is 458 g/mol. The van der Waals surface area contributed by atoms with Crippen LogP contribution < -0.4 is 5.73 Å². The highest BCUT2D eigenvalue weighted by molar-refractivity contribution is 5.93. The molecular weight excluding hydrogens is 436 g/mol. The highest BCUT2D eigenvalue weighted by Gasteiger charge is 2.54. The van der Waals surface area contributed by atoms with Gasteiger partial charge in [-0.1, -0.05) is 28.9 Å². The second-order valence-electron chi connectivity index (χ2n) is 7.82. The summed E-state index contributed by atoms with van der Waals surface area (Å²) in [6.07, 6.45) is 4.57. The smallest absolute Gasteiger partial charge is 0.366 e. The number of carbonyl (C=O) groups is 1. The van der Waals surface area contributed by atoms with E-state index < -0.39 is 17.3 Å². The fourth-order valence-electron chi connectivity index (χ4n) is 3.70. The molecule has 0 bridgehead atoms. The van der Waals surface area contributed by atoms with Crippen molar-refractivity contribution in [2.45, 2.75) is 51.7 Å². The molecule has 172 valence electrons. The number of oxime groups is 2. The molecule has 10 heteroatoms. The fraction of sp³-hybridized carbons (Fsp3) is 0.333. The first kappa shape index (κ1) is 24.0. The van der Waals surface area contributed by atoms with Crippen LogP contribution >= 0.6 is 0 Å². The molecule has 1 atom stereocenters. The molecule has 1 aliphatic heterocycles. The summed E-state index contributed by atoms with van der Waals surface area (Å²) in [6.45, 7) is 3.29. The lowest BCUT2D eigenvalue weighted by molar-refractivity contribution is -0.187. The lowest BCUT2D eigenvalue weighted by Crippen LogP contribution is -2.34. The van der Waals surface area contributed by atoms with E-state index >= 15 is 0 Å². The number of nitrogens with zero attached hydrogens (tertiary/aromatic N) is 5. The standard InChI is InChI=1S/C24H22N6O4/c1-15(2)29-34-24(21(16(12-25)13-26)19(14-27)22(28)32-24)20-11-7-6-10-18(20)23(31)33-30-17-8-4-3-5-9-17/h6-7,10-11H,3-5,8-9,28H2,1-2H3. The van der Waals surface area contributed by atoms with E-state index in [1.165, 1.54) is 12.1 Å². The van der Waals surface area contributed by atoms with Crippen molar-refractivity contribution in [3.8, 4) is 18.2 Å². The van der Waals surface area contributed by atoms with Crippen molar-refractivity contribution in [3.05, 3.63) is 58.0 Å². The minimum Gasteiger partial charge on any atom is -0.426 e. The van der Waals surface area contributed by atoms with Gasteiger partial charge in [-0.2, -0.15) is 15.8 Å². The number of nitriles is 3. The second-order valence-corrected chi connectivity index (χ2v) is 7.82. The number of carbonyl (C=O) groups excluding carboxylic acids is 1. The quantitative estimate of drug-likeness (QED) is 0.301. The summed E-state index contributed by atoms with van der Waals surface area (Å²) in [5, 5.41) is 36.8. The van der Waals surface area contributed by atoms with Gasteiger partial charge in [0.1, 0.15) is 29.4 Å². The molecule has 2 aliphatic rings. The van der Waals surface area contributed by atoms with E-state index in [0.29, 0.717) is 5.71 Å². The van der Waals surface area contributed by atoms with E-state index in [9.17, 15) is 20.6 Å². The first-order chi connectivity index (χ1) is 16.4. The third kappa shape index (κ3) is 4.60. The van der Waals surface area contributed by atoms with Crippen molar-refractivity contribution in [1.29, 1.82) is 15.8 Å². The number of benzene rings is 1. The highest BCUT2D eigenvalue weighted by atomic mass is 16.8. The molecule has 2 N–H and O–H groups in total. The van der Waals surface area contributed by atoms with Gasteiger partial charge in [0.15, 0.2) is 0 Å². The zero-order chi connectivity index (χ0) is 24.7. The summed E-state index contributed by atoms with van der Waals surface area (Å²) in [5.74, 6) is -3.34. The van der Waals surface area contributed by atoms with Crippen molar-refractivity contribution in [2.75, 3.05) is 0 Å². The summed E-state index contributed by atoms with van der Waals surface area (Å²) in [6, 6.07) is 11.4. The average molecular weight is 458 g/mol. The van der Waals surface area contributed by atoms with Crippen molar-refractivity contribution in [1.82, 2.24) is 0 Å². The zero-order valence-electron chi connectivity index (χ0n) is 18.8. The zero-order valence-corrected chi connectivity index (χ0v) is 18.8. The molecule has 1 aliphatic carbocycles. The Bertz CT molecular complexity index is 1230. The summed E-state index contributed by atoms with van der Waals surface area (Å²) in [5.41, 5.74) is 6.22. The maximum absolute atomic E-state index is 13.1. The average Bonchev–Trinajstić information content (AvgIpc) is 3.14. The normalized spacial score (nSPS) is 19.1.